The van der Waals surface area contributed by atoms with Crippen LogP contribution in [0, 0.1) is 5.92 Å². The van der Waals surface area contributed by atoms with Gasteiger partial charge in [-0.25, -0.2) is 0 Å². The highest BCUT2D eigenvalue weighted by Crippen LogP contribution is 2.37. The molecule has 1 nitrogen and oxygen atoms in total. The molecule has 1 unspecified atom stereocenters. The highest BCUT2D eigenvalue weighted by molar-refractivity contribution is 7.12. The summed E-state index contributed by atoms with van der Waals surface area (Å²) in [5.41, 5.74) is 0.204. The molecule has 0 amide bonds. The number of aliphatic hydroxyl groups is 1. The first-order valence-electron chi connectivity index (χ1n) is 6.75. The summed E-state index contributed by atoms with van der Waals surface area (Å²) in [6.07, 6.45) is 6.07. The molecule has 1 saturated carbocycles. The zero-order valence-electron chi connectivity index (χ0n) is 11.2. The SMILES string of the molecule is CC(C)(C)c1ccc(C(O)CC2CCCC2)s1. The van der Waals surface area contributed by atoms with Crippen LogP contribution in [0.2, 0.25) is 0 Å². The third-order valence-electron chi connectivity index (χ3n) is 3.73. The predicted octanol–water partition coefficient (Wildman–Crippen LogP) is 4.66. The molecule has 0 spiro atoms. The van der Waals surface area contributed by atoms with Crippen molar-refractivity contribution in [3.63, 3.8) is 0 Å². The minimum Gasteiger partial charge on any atom is -0.388 e. The summed E-state index contributed by atoms with van der Waals surface area (Å²) in [6, 6.07) is 4.29. The van der Waals surface area contributed by atoms with Crippen molar-refractivity contribution in [2.75, 3.05) is 0 Å². The van der Waals surface area contributed by atoms with Crippen molar-refractivity contribution in [2.45, 2.75) is 64.4 Å². The molecule has 2 rings (SSSR count). The minimum absolute atomic E-state index is 0.204. The van der Waals surface area contributed by atoms with Gasteiger partial charge in [-0.2, -0.15) is 0 Å². The molecule has 0 bridgehead atoms. The molecule has 1 aromatic heterocycles. The van der Waals surface area contributed by atoms with Crippen molar-refractivity contribution in [2.24, 2.45) is 5.92 Å². The van der Waals surface area contributed by atoms with E-state index < -0.39 is 0 Å². The molecule has 17 heavy (non-hydrogen) atoms. The van der Waals surface area contributed by atoms with Crippen molar-refractivity contribution >= 4 is 11.3 Å². The van der Waals surface area contributed by atoms with Gasteiger partial charge in [0.15, 0.2) is 0 Å². The molecule has 0 radical (unpaired) electrons. The lowest BCUT2D eigenvalue weighted by Gasteiger charge is -2.16. The number of hydrogen-bond donors (Lipinski definition) is 1. The summed E-state index contributed by atoms with van der Waals surface area (Å²) in [7, 11) is 0. The van der Waals surface area contributed by atoms with Crippen molar-refractivity contribution in [3.8, 4) is 0 Å². The molecule has 1 aliphatic carbocycles. The van der Waals surface area contributed by atoms with Crippen LogP contribution >= 0.6 is 11.3 Å². The van der Waals surface area contributed by atoms with E-state index in [0.29, 0.717) is 0 Å². The predicted molar refractivity (Wildman–Crippen MR) is 74.6 cm³/mol. The molecule has 0 aliphatic heterocycles. The number of thiophene rings is 1. The lowest BCUT2D eigenvalue weighted by atomic mass is 9.95. The molecule has 0 aromatic carbocycles. The standard InChI is InChI=1S/C15H24OS/c1-15(2,3)14-9-8-13(17-14)12(16)10-11-6-4-5-7-11/h8-9,11-12,16H,4-7,10H2,1-3H3. The number of rotatable bonds is 3. The fourth-order valence-corrected chi connectivity index (χ4v) is 3.68. The van der Waals surface area contributed by atoms with Gasteiger partial charge in [-0.1, -0.05) is 46.5 Å². The Kier molecular flexibility index (Phi) is 3.94. The van der Waals surface area contributed by atoms with Crippen LogP contribution in [0.15, 0.2) is 12.1 Å². The summed E-state index contributed by atoms with van der Waals surface area (Å²) >= 11 is 1.78. The highest BCUT2D eigenvalue weighted by Gasteiger charge is 2.22. The Morgan fingerprint density at radius 2 is 1.94 bits per heavy atom. The molecule has 96 valence electrons. The Labute approximate surface area is 109 Å². The molecule has 1 atom stereocenters. The van der Waals surface area contributed by atoms with Crippen molar-refractivity contribution < 1.29 is 5.11 Å². The second-order valence-corrected chi connectivity index (χ2v) is 7.47. The van der Waals surface area contributed by atoms with Gasteiger partial charge < -0.3 is 5.11 Å². The topological polar surface area (TPSA) is 20.2 Å². The van der Waals surface area contributed by atoms with E-state index >= 15 is 0 Å². The van der Waals surface area contributed by atoms with E-state index in [2.05, 4.69) is 32.9 Å². The molecular weight excluding hydrogens is 228 g/mol. The molecule has 1 fully saturated rings. The average molecular weight is 252 g/mol. The van der Waals surface area contributed by atoms with Crippen molar-refractivity contribution in [1.82, 2.24) is 0 Å². The van der Waals surface area contributed by atoms with E-state index in [1.807, 2.05) is 0 Å². The maximum atomic E-state index is 10.3. The van der Waals surface area contributed by atoms with Gasteiger partial charge in [-0.05, 0) is 29.9 Å². The van der Waals surface area contributed by atoms with Gasteiger partial charge >= 0.3 is 0 Å². The molecular formula is C15H24OS. The van der Waals surface area contributed by atoms with Crippen molar-refractivity contribution in [3.05, 3.63) is 21.9 Å². The van der Waals surface area contributed by atoms with Crippen LogP contribution < -0.4 is 0 Å². The van der Waals surface area contributed by atoms with Crippen LogP contribution in [0.4, 0.5) is 0 Å². The van der Waals surface area contributed by atoms with Crippen LogP contribution in [0.5, 0.6) is 0 Å². The summed E-state index contributed by atoms with van der Waals surface area (Å²) in [4.78, 5) is 2.53. The maximum absolute atomic E-state index is 10.3. The van der Waals surface area contributed by atoms with E-state index in [1.165, 1.54) is 30.6 Å². The van der Waals surface area contributed by atoms with E-state index in [-0.39, 0.29) is 11.5 Å². The van der Waals surface area contributed by atoms with Gasteiger partial charge in [-0.3, -0.25) is 0 Å². The Balaban J connectivity index is 1.99. The van der Waals surface area contributed by atoms with Gasteiger partial charge in [0.05, 0.1) is 6.10 Å². The van der Waals surface area contributed by atoms with Crippen LogP contribution in [0.3, 0.4) is 0 Å². The molecule has 1 aliphatic rings. The van der Waals surface area contributed by atoms with E-state index in [9.17, 15) is 5.11 Å². The second-order valence-electron chi connectivity index (χ2n) is 6.35. The van der Waals surface area contributed by atoms with Crippen LogP contribution in [0.1, 0.15) is 68.7 Å². The minimum atomic E-state index is -0.237. The highest BCUT2D eigenvalue weighted by atomic mass is 32.1. The quantitative estimate of drug-likeness (QED) is 0.829. The van der Waals surface area contributed by atoms with Crippen LogP contribution in [0.25, 0.3) is 0 Å². The van der Waals surface area contributed by atoms with Gasteiger partial charge in [-0.15, -0.1) is 11.3 Å². The fraction of sp³-hybridized carbons (Fsp3) is 0.733. The zero-order valence-corrected chi connectivity index (χ0v) is 12.0. The third-order valence-corrected chi connectivity index (χ3v) is 5.34. The summed E-state index contributed by atoms with van der Waals surface area (Å²) in [6.45, 7) is 6.68. The lowest BCUT2D eigenvalue weighted by Crippen LogP contribution is -2.08. The van der Waals surface area contributed by atoms with E-state index in [4.69, 9.17) is 0 Å². The fourth-order valence-electron chi connectivity index (χ4n) is 2.61. The van der Waals surface area contributed by atoms with Gasteiger partial charge in [0.25, 0.3) is 0 Å². The van der Waals surface area contributed by atoms with E-state index in [0.717, 1.165) is 17.2 Å². The Hall–Kier alpha value is -0.340. The maximum Gasteiger partial charge on any atom is 0.0884 e. The molecule has 1 aromatic rings. The first-order chi connectivity index (χ1) is 7.97. The average Bonchev–Trinajstić information content (AvgIpc) is 2.85. The monoisotopic (exact) mass is 252 g/mol. The smallest absolute Gasteiger partial charge is 0.0884 e. The largest absolute Gasteiger partial charge is 0.388 e. The Bertz CT molecular complexity index is 355. The first kappa shape index (κ1) is 13.1. The van der Waals surface area contributed by atoms with Gasteiger partial charge in [0.2, 0.25) is 0 Å². The van der Waals surface area contributed by atoms with Gasteiger partial charge in [0, 0.05) is 9.75 Å². The summed E-state index contributed by atoms with van der Waals surface area (Å²) in [5.74, 6) is 0.755. The number of hydrogen-bond acceptors (Lipinski definition) is 2. The van der Waals surface area contributed by atoms with Crippen LogP contribution in [-0.4, -0.2) is 5.11 Å². The second kappa shape index (κ2) is 5.11. The Morgan fingerprint density at radius 1 is 1.29 bits per heavy atom. The first-order valence-corrected chi connectivity index (χ1v) is 7.57. The normalized spacial score (nSPS) is 19.8. The summed E-state index contributed by atoms with van der Waals surface area (Å²) in [5, 5.41) is 10.3. The number of aliphatic hydroxyl groups excluding tert-OH is 1. The molecule has 0 saturated heterocycles. The van der Waals surface area contributed by atoms with E-state index in [1.54, 1.807) is 11.3 Å². The zero-order chi connectivity index (χ0) is 12.5. The third kappa shape index (κ3) is 3.32. The lowest BCUT2D eigenvalue weighted by molar-refractivity contribution is 0.148. The molecule has 1 N–H and O–H groups in total. The van der Waals surface area contributed by atoms with Gasteiger partial charge in [0.1, 0.15) is 0 Å². The van der Waals surface area contributed by atoms with Crippen molar-refractivity contribution in [1.29, 1.82) is 0 Å². The van der Waals surface area contributed by atoms with Crippen LogP contribution in [-0.2, 0) is 5.41 Å². The molecule has 1 heterocycles. The Morgan fingerprint density at radius 3 is 2.47 bits per heavy atom. The summed E-state index contributed by atoms with van der Waals surface area (Å²) < 4.78 is 0. The molecule has 2 heteroatoms.